The Bertz CT molecular complexity index is 671. The number of aromatic nitrogens is 1. The maximum absolute atomic E-state index is 12.4. The Morgan fingerprint density at radius 3 is 2.84 bits per heavy atom. The summed E-state index contributed by atoms with van der Waals surface area (Å²) in [6.45, 7) is 0.229. The molecule has 0 fully saturated rings. The molecule has 1 aromatic heterocycles. The lowest BCUT2D eigenvalue weighted by Gasteiger charge is -2.17. The number of anilines is 1. The first-order chi connectivity index (χ1) is 8.91. The smallest absolute Gasteiger partial charge is 0.244 e. The summed E-state index contributed by atoms with van der Waals surface area (Å²) in [4.78, 5) is 4.24. The predicted octanol–water partition coefficient (Wildman–Crippen LogP) is 2.31. The van der Waals surface area contributed by atoms with Gasteiger partial charge >= 0.3 is 0 Å². The standard InChI is InChI=1S/C11H12BrN3O2S2/c1-15(5-9-6-18-7-14-9)19(16,17)11-4-8(13)2-3-10(11)12/h2-4,6-7H,5,13H2,1H3. The highest BCUT2D eigenvalue weighted by molar-refractivity contribution is 9.10. The number of nitrogen functional groups attached to an aromatic ring is 1. The molecule has 0 saturated heterocycles. The van der Waals surface area contributed by atoms with Crippen LogP contribution in [0, 0.1) is 0 Å². The molecular weight excluding hydrogens is 350 g/mol. The van der Waals surface area contributed by atoms with Crippen molar-refractivity contribution in [3.05, 3.63) is 39.3 Å². The lowest BCUT2D eigenvalue weighted by Crippen LogP contribution is -2.27. The van der Waals surface area contributed by atoms with Gasteiger partial charge in [0.15, 0.2) is 0 Å². The van der Waals surface area contributed by atoms with Gasteiger partial charge in [0.25, 0.3) is 0 Å². The van der Waals surface area contributed by atoms with E-state index in [-0.39, 0.29) is 11.4 Å². The average Bonchev–Trinajstić information content (AvgIpc) is 2.85. The summed E-state index contributed by atoms with van der Waals surface area (Å²) in [6.07, 6.45) is 0. The van der Waals surface area contributed by atoms with Crippen molar-refractivity contribution in [2.45, 2.75) is 11.4 Å². The molecule has 102 valence electrons. The van der Waals surface area contributed by atoms with Crippen LogP contribution >= 0.6 is 27.3 Å². The number of thiazole rings is 1. The summed E-state index contributed by atoms with van der Waals surface area (Å²) in [5.74, 6) is 0. The summed E-state index contributed by atoms with van der Waals surface area (Å²) >= 11 is 4.67. The molecule has 2 N–H and O–H groups in total. The summed E-state index contributed by atoms with van der Waals surface area (Å²) in [6, 6.07) is 4.71. The third-order valence-electron chi connectivity index (χ3n) is 2.51. The van der Waals surface area contributed by atoms with E-state index in [1.165, 1.54) is 28.8 Å². The van der Waals surface area contributed by atoms with Gasteiger partial charge in [-0.3, -0.25) is 0 Å². The molecule has 0 radical (unpaired) electrons. The second kappa shape index (κ2) is 5.58. The van der Waals surface area contributed by atoms with Crippen molar-refractivity contribution in [2.24, 2.45) is 0 Å². The minimum Gasteiger partial charge on any atom is -0.399 e. The number of hydrogen-bond donors (Lipinski definition) is 1. The molecule has 1 aromatic carbocycles. The van der Waals surface area contributed by atoms with Crippen molar-refractivity contribution in [3.63, 3.8) is 0 Å². The van der Waals surface area contributed by atoms with Crippen molar-refractivity contribution in [2.75, 3.05) is 12.8 Å². The summed E-state index contributed by atoms with van der Waals surface area (Å²) in [5, 5.41) is 1.82. The Labute approximate surface area is 124 Å². The molecule has 2 rings (SSSR count). The number of sulfonamides is 1. The third kappa shape index (κ3) is 3.14. The van der Waals surface area contributed by atoms with Gasteiger partial charge in [-0.05, 0) is 34.1 Å². The van der Waals surface area contributed by atoms with Crippen LogP contribution < -0.4 is 5.73 Å². The molecule has 0 aliphatic carbocycles. The monoisotopic (exact) mass is 361 g/mol. The maximum atomic E-state index is 12.4. The molecule has 0 bridgehead atoms. The molecule has 0 aliphatic rings. The Hall–Kier alpha value is -0.960. The van der Waals surface area contributed by atoms with Crippen molar-refractivity contribution >= 4 is 43.0 Å². The van der Waals surface area contributed by atoms with Gasteiger partial charge in [0.1, 0.15) is 0 Å². The quantitative estimate of drug-likeness (QED) is 0.847. The lowest BCUT2D eigenvalue weighted by molar-refractivity contribution is 0.462. The highest BCUT2D eigenvalue weighted by atomic mass is 79.9. The number of benzene rings is 1. The van der Waals surface area contributed by atoms with Crippen molar-refractivity contribution in [1.29, 1.82) is 0 Å². The Kier molecular flexibility index (Phi) is 4.24. The number of hydrogen-bond acceptors (Lipinski definition) is 5. The second-order valence-corrected chi connectivity index (χ2v) is 7.52. The van der Waals surface area contributed by atoms with Gasteiger partial charge in [-0.15, -0.1) is 11.3 Å². The zero-order valence-corrected chi connectivity index (χ0v) is 13.3. The summed E-state index contributed by atoms with van der Waals surface area (Å²) < 4.78 is 26.6. The molecule has 0 spiro atoms. The van der Waals surface area contributed by atoms with E-state index in [0.29, 0.717) is 10.2 Å². The fourth-order valence-electron chi connectivity index (χ4n) is 1.51. The van der Waals surface area contributed by atoms with E-state index in [0.717, 1.165) is 5.69 Å². The van der Waals surface area contributed by atoms with Crippen molar-refractivity contribution < 1.29 is 8.42 Å². The first kappa shape index (κ1) is 14.4. The third-order valence-corrected chi connectivity index (χ3v) is 5.94. The first-order valence-corrected chi connectivity index (χ1v) is 8.47. The zero-order chi connectivity index (χ0) is 14.0. The van der Waals surface area contributed by atoms with E-state index in [1.807, 2.05) is 5.38 Å². The molecule has 0 saturated carbocycles. The maximum Gasteiger partial charge on any atom is 0.244 e. The minimum atomic E-state index is -3.60. The molecule has 19 heavy (non-hydrogen) atoms. The van der Waals surface area contributed by atoms with Crippen LogP contribution in [0.5, 0.6) is 0 Å². The number of rotatable bonds is 4. The van der Waals surface area contributed by atoms with Crippen LogP contribution in [0.15, 0.2) is 38.5 Å². The van der Waals surface area contributed by atoms with E-state index in [4.69, 9.17) is 5.73 Å². The highest BCUT2D eigenvalue weighted by Gasteiger charge is 2.24. The fourth-order valence-corrected chi connectivity index (χ4v) is 4.16. The largest absolute Gasteiger partial charge is 0.399 e. The molecule has 1 heterocycles. The van der Waals surface area contributed by atoms with Crippen LogP contribution in [0.2, 0.25) is 0 Å². The second-order valence-electron chi connectivity index (χ2n) is 3.93. The van der Waals surface area contributed by atoms with Crippen LogP contribution in [-0.4, -0.2) is 24.8 Å². The van der Waals surface area contributed by atoms with Gasteiger partial charge < -0.3 is 5.73 Å². The van der Waals surface area contributed by atoms with Crippen LogP contribution in [0.1, 0.15) is 5.69 Å². The van der Waals surface area contributed by atoms with E-state index in [1.54, 1.807) is 17.6 Å². The van der Waals surface area contributed by atoms with Gasteiger partial charge in [0, 0.05) is 22.6 Å². The minimum absolute atomic E-state index is 0.158. The fraction of sp³-hybridized carbons (Fsp3) is 0.182. The van der Waals surface area contributed by atoms with Gasteiger partial charge in [0.05, 0.1) is 22.6 Å². The number of nitrogens with zero attached hydrogens (tertiary/aromatic N) is 2. The molecule has 8 heteroatoms. The predicted molar refractivity (Wildman–Crippen MR) is 79.3 cm³/mol. The highest BCUT2D eigenvalue weighted by Crippen LogP contribution is 2.27. The van der Waals surface area contributed by atoms with E-state index < -0.39 is 10.0 Å². The van der Waals surface area contributed by atoms with E-state index in [9.17, 15) is 8.42 Å². The number of halogens is 1. The topological polar surface area (TPSA) is 76.3 Å². The average molecular weight is 362 g/mol. The number of nitrogens with two attached hydrogens (primary N) is 1. The lowest BCUT2D eigenvalue weighted by atomic mass is 10.3. The van der Waals surface area contributed by atoms with Crippen molar-refractivity contribution in [3.8, 4) is 0 Å². The van der Waals surface area contributed by atoms with Gasteiger partial charge in [-0.2, -0.15) is 4.31 Å². The van der Waals surface area contributed by atoms with Gasteiger partial charge in [-0.1, -0.05) is 0 Å². The van der Waals surface area contributed by atoms with E-state index in [2.05, 4.69) is 20.9 Å². The Balaban J connectivity index is 2.33. The molecule has 2 aromatic rings. The Morgan fingerprint density at radius 2 is 2.21 bits per heavy atom. The van der Waals surface area contributed by atoms with Gasteiger partial charge in [0.2, 0.25) is 10.0 Å². The molecule has 0 atom stereocenters. The Morgan fingerprint density at radius 1 is 1.47 bits per heavy atom. The van der Waals surface area contributed by atoms with Crippen LogP contribution in [0.4, 0.5) is 5.69 Å². The zero-order valence-electron chi connectivity index (χ0n) is 10.1. The molecular formula is C11H12BrN3O2S2. The molecule has 0 unspecified atom stereocenters. The molecule has 0 aliphatic heterocycles. The molecule has 0 amide bonds. The van der Waals surface area contributed by atoms with Crippen LogP contribution in [0.25, 0.3) is 0 Å². The molecule has 5 nitrogen and oxygen atoms in total. The van der Waals surface area contributed by atoms with Crippen LogP contribution in [-0.2, 0) is 16.6 Å². The van der Waals surface area contributed by atoms with E-state index >= 15 is 0 Å². The SMILES string of the molecule is CN(Cc1cscn1)S(=O)(=O)c1cc(N)ccc1Br. The normalized spacial score (nSPS) is 11.9. The van der Waals surface area contributed by atoms with Crippen molar-refractivity contribution in [1.82, 2.24) is 9.29 Å². The first-order valence-electron chi connectivity index (χ1n) is 5.29. The summed E-state index contributed by atoms with van der Waals surface area (Å²) in [7, 11) is -2.08. The van der Waals surface area contributed by atoms with Gasteiger partial charge in [-0.25, -0.2) is 13.4 Å². The van der Waals surface area contributed by atoms with Crippen LogP contribution in [0.3, 0.4) is 0 Å². The summed E-state index contributed by atoms with van der Waals surface area (Å²) in [5.41, 5.74) is 8.44.